The third-order valence-electron chi connectivity index (χ3n) is 3.17. The molecule has 1 atom stereocenters. The molecule has 3 aliphatic carbocycles. The third-order valence-corrected chi connectivity index (χ3v) is 4.00. The standard InChI is InChI=1S/C9H15NO2S/c1-6(13-2)10-7(11)8-3-9(12,4-8)5-8/h6,12H,3-5H2,1-2H3,(H,10,11)/t6-,8?,9?/m0/s1. The van der Waals surface area contributed by atoms with Crippen molar-refractivity contribution in [3.05, 3.63) is 0 Å². The minimum atomic E-state index is -0.472. The lowest BCUT2D eigenvalue weighted by Gasteiger charge is -2.66. The number of amides is 1. The summed E-state index contributed by atoms with van der Waals surface area (Å²) in [7, 11) is 0. The number of thioether (sulfide) groups is 1. The fourth-order valence-electron chi connectivity index (χ4n) is 2.37. The fraction of sp³-hybridized carbons (Fsp3) is 0.889. The van der Waals surface area contributed by atoms with E-state index < -0.39 is 5.60 Å². The molecule has 3 fully saturated rings. The van der Waals surface area contributed by atoms with Crippen LogP contribution in [0.1, 0.15) is 26.2 Å². The monoisotopic (exact) mass is 201 g/mol. The molecule has 0 aliphatic heterocycles. The molecular weight excluding hydrogens is 186 g/mol. The van der Waals surface area contributed by atoms with Gasteiger partial charge in [-0.2, -0.15) is 0 Å². The van der Waals surface area contributed by atoms with Gasteiger partial charge in [0.15, 0.2) is 0 Å². The lowest BCUT2D eigenvalue weighted by molar-refractivity contribution is -0.250. The summed E-state index contributed by atoms with van der Waals surface area (Å²) in [5, 5.41) is 12.6. The average molecular weight is 201 g/mol. The van der Waals surface area contributed by atoms with E-state index in [-0.39, 0.29) is 16.7 Å². The molecule has 3 rings (SSSR count). The van der Waals surface area contributed by atoms with E-state index in [1.165, 1.54) is 0 Å². The van der Waals surface area contributed by atoms with E-state index in [9.17, 15) is 9.90 Å². The van der Waals surface area contributed by atoms with Crippen molar-refractivity contribution in [3.63, 3.8) is 0 Å². The van der Waals surface area contributed by atoms with Gasteiger partial charge in [-0.25, -0.2) is 0 Å². The second-order valence-electron chi connectivity index (χ2n) is 4.39. The predicted octanol–water partition coefficient (Wildman–Crippen LogP) is 0.727. The smallest absolute Gasteiger partial charge is 0.227 e. The van der Waals surface area contributed by atoms with Crippen LogP contribution in [0.4, 0.5) is 0 Å². The normalized spacial score (nSPS) is 43.0. The Labute approximate surface area is 82.3 Å². The minimum Gasteiger partial charge on any atom is -0.390 e. The van der Waals surface area contributed by atoms with Gasteiger partial charge in [0.05, 0.1) is 16.4 Å². The van der Waals surface area contributed by atoms with E-state index in [1.807, 2.05) is 13.2 Å². The highest BCUT2D eigenvalue weighted by Crippen LogP contribution is 2.67. The molecule has 2 bridgehead atoms. The third kappa shape index (κ3) is 1.27. The molecule has 74 valence electrons. The molecule has 0 aromatic rings. The summed E-state index contributed by atoms with van der Waals surface area (Å²) in [6.07, 6.45) is 3.99. The average Bonchev–Trinajstić information content (AvgIpc) is 1.96. The van der Waals surface area contributed by atoms with Gasteiger partial charge in [0.2, 0.25) is 5.91 Å². The molecule has 0 saturated heterocycles. The molecule has 0 heterocycles. The lowest BCUT2D eigenvalue weighted by atomic mass is 9.41. The van der Waals surface area contributed by atoms with Crippen molar-refractivity contribution in [3.8, 4) is 0 Å². The quantitative estimate of drug-likeness (QED) is 0.662. The Hall–Kier alpha value is -0.220. The van der Waals surface area contributed by atoms with Crippen LogP contribution >= 0.6 is 11.8 Å². The lowest BCUT2D eigenvalue weighted by Crippen LogP contribution is -2.72. The highest BCUT2D eigenvalue weighted by molar-refractivity contribution is 7.99. The number of hydrogen-bond acceptors (Lipinski definition) is 3. The Kier molecular flexibility index (Phi) is 1.90. The number of aliphatic hydroxyl groups is 1. The van der Waals surface area contributed by atoms with Crippen LogP contribution in [-0.4, -0.2) is 28.2 Å². The van der Waals surface area contributed by atoms with Crippen LogP contribution in [0.5, 0.6) is 0 Å². The van der Waals surface area contributed by atoms with Crippen LogP contribution in [0, 0.1) is 5.41 Å². The van der Waals surface area contributed by atoms with E-state index in [2.05, 4.69) is 5.32 Å². The molecule has 4 heteroatoms. The zero-order valence-corrected chi connectivity index (χ0v) is 8.78. The van der Waals surface area contributed by atoms with Gasteiger partial charge in [-0.1, -0.05) is 0 Å². The van der Waals surface area contributed by atoms with Gasteiger partial charge in [0, 0.05) is 0 Å². The van der Waals surface area contributed by atoms with E-state index in [1.54, 1.807) is 11.8 Å². The molecule has 13 heavy (non-hydrogen) atoms. The summed E-state index contributed by atoms with van der Waals surface area (Å²) in [6, 6.07) is 0. The van der Waals surface area contributed by atoms with Gasteiger partial charge in [-0.3, -0.25) is 4.79 Å². The molecule has 0 unspecified atom stereocenters. The number of rotatable bonds is 3. The van der Waals surface area contributed by atoms with Crippen LogP contribution in [0.15, 0.2) is 0 Å². The van der Waals surface area contributed by atoms with Gasteiger partial charge in [-0.15, -0.1) is 11.8 Å². The first kappa shape index (κ1) is 9.34. The van der Waals surface area contributed by atoms with E-state index in [0.717, 1.165) is 0 Å². The number of carbonyl (C=O) groups is 1. The zero-order chi connectivity index (χ0) is 9.69. The van der Waals surface area contributed by atoms with Crippen LogP contribution < -0.4 is 5.32 Å². The van der Waals surface area contributed by atoms with Crippen molar-refractivity contribution in [1.82, 2.24) is 5.32 Å². The topological polar surface area (TPSA) is 49.3 Å². The molecule has 2 N–H and O–H groups in total. The molecule has 3 saturated carbocycles. The second kappa shape index (κ2) is 2.64. The minimum absolute atomic E-state index is 0.130. The molecule has 0 radical (unpaired) electrons. The second-order valence-corrected chi connectivity index (χ2v) is 5.56. The highest BCUT2D eigenvalue weighted by atomic mass is 32.2. The first-order chi connectivity index (χ1) is 6.00. The first-order valence-corrected chi connectivity index (χ1v) is 5.85. The van der Waals surface area contributed by atoms with Gasteiger partial charge in [0.25, 0.3) is 0 Å². The summed E-state index contributed by atoms with van der Waals surface area (Å²) in [6.45, 7) is 1.97. The maximum absolute atomic E-state index is 11.7. The van der Waals surface area contributed by atoms with Gasteiger partial charge in [-0.05, 0) is 32.4 Å². The van der Waals surface area contributed by atoms with Crippen molar-refractivity contribution < 1.29 is 9.90 Å². The van der Waals surface area contributed by atoms with Crippen LogP contribution in [-0.2, 0) is 4.79 Å². The van der Waals surface area contributed by atoms with Crippen molar-refractivity contribution in [2.75, 3.05) is 6.26 Å². The Bertz CT molecular complexity index is 234. The number of carbonyl (C=O) groups excluding carboxylic acids is 1. The summed E-state index contributed by atoms with van der Waals surface area (Å²) >= 11 is 1.63. The summed E-state index contributed by atoms with van der Waals surface area (Å²) in [4.78, 5) is 11.7. The molecule has 1 amide bonds. The number of nitrogens with one attached hydrogen (secondary N) is 1. The Morgan fingerprint density at radius 1 is 1.54 bits per heavy atom. The summed E-state index contributed by atoms with van der Waals surface area (Å²) in [5.74, 6) is 0.130. The molecule has 0 aromatic heterocycles. The highest BCUT2D eigenvalue weighted by Gasteiger charge is 2.71. The zero-order valence-electron chi connectivity index (χ0n) is 7.96. The maximum Gasteiger partial charge on any atom is 0.227 e. The van der Waals surface area contributed by atoms with Crippen molar-refractivity contribution >= 4 is 17.7 Å². The summed E-state index contributed by atoms with van der Waals surface area (Å²) in [5.41, 5.74) is -0.668. The van der Waals surface area contributed by atoms with E-state index in [0.29, 0.717) is 19.3 Å². The Balaban J connectivity index is 1.86. The van der Waals surface area contributed by atoms with Crippen LogP contribution in [0.25, 0.3) is 0 Å². The largest absolute Gasteiger partial charge is 0.390 e. The molecule has 3 nitrogen and oxygen atoms in total. The van der Waals surface area contributed by atoms with Crippen LogP contribution in [0.3, 0.4) is 0 Å². The SMILES string of the molecule is CS[C@@H](C)NC(=O)C12CC(O)(C1)C2. The maximum atomic E-state index is 11.7. The number of hydrogen-bond donors (Lipinski definition) is 2. The van der Waals surface area contributed by atoms with Crippen LogP contribution in [0.2, 0.25) is 0 Å². The van der Waals surface area contributed by atoms with Gasteiger partial charge >= 0.3 is 0 Å². The first-order valence-electron chi connectivity index (χ1n) is 4.56. The van der Waals surface area contributed by atoms with Gasteiger partial charge < -0.3 is 10.4 Å². The molecule has 3 aliphatic rings. The van der Waals surface area contributed by atoms with Crippen molar-refractivity contribution in [2.24, 2.45) is 5.41 Å². The molecule has 0 aromatic carbocycles. The van der Waals surface area contributed by atoms with Crippen molar-refractivity contribution in [1.29, 1.82) is 0 Å². The van der Waals surface area contributed by atoms with E-state index in [4.69, 9.17) is 0 Å². The Morgan fingerprint density at radius 2 is 2.08 bits per heavy atom. The predicted molar refractivity (Wildman–Crippen MR) is 52.4 cm³/mol. The molecular formula is C9H15NO2S. The Morgan fingerprint density at radius 3 is 2.46 bits per heavy atom. The fourth-order valence-corrected chi connectivity index (χ4v) is 2.60. The van der Waals surface area contributed by atoms with E-state index >= 15 is 0 Å². The van der Waals surface area contributed by atoms with Gasteiger partial charge in [0.1, 0.15) is 0 Å². The van der Waals surface area contributed by atoms with Crippen molar-refractivity contribution in [2.45, 2.75) is 37.2 Å². The summed E-state index contributed by atoms with van der Waals surface area (Å²) < 4.78 is 0. The molecule has 0 spiro atoms.